The van der Waals surface area contributed by atoms with Crippen LogP contribution in [0.25, 0.3) is 0 Å². The lowest BCUT2D eigenvalue weighted by atomic mass is 10.1. The lowest BCUT2D eigenvalue weighted by Crippen LogP contribution is -2.16. The van der Waals surface area contributed by atoms with Crippen LogP contribution in [-0.4, -0.2) is 13.6 Å². The topological polar surface area (TPSA) is 72.2 Å². The Morgan fingerprint density at radius 3 is 2.70 bits per heavy atom. The van der Waals surface area contributed by atoms with Gasteiger partial charge in [0.2, 0.25) is 10.0 Å². The van der Waals surface area contributed by atoms with Crippen LogP contribution in [0.15, 0.2) is 33.3 Å². The summed E-state index contributed by atoms with van der Waals surface area (Å²) >= 11 is 3.37. The molecule has 0 saturated heterocycles. The Morgan fingerprint density at radius 1 is 1.35 bits per heavy atom. The fourth-order valence-corrected chi connectivity index (χ4v) is 3.38. The molecule has 2 rings (SSSR count). The van der Waals surface area contributed by atoms with E-state index < -0.39 is 10.0 Å². The minimum atomic E-state index is -3.51. The van der Waals surface area contributed by atoms with Crippen LogP contribution in [0.1, 0.15) is 23.9 Å². The molecule has 5 nitrogen and oxygen atoms in total. The SMILES string of the molecule is CCc1cc(Br)ccc1NS(=O)(=O)Cc1cc(C)on1. The zero-order chi connectivity index (χ0) is 14.8. The van der Waals surface area contributed by atoms with E-state index >= 15 is 0 Å². The van der Waals surface area contributed by atoms with Crippen LogP contribution in [0.5, 0.6) is 0 Å². The van der Waals surface area contributed by atoms with Gasteiger partial charge in [0, 0.05) is 10.5 Å². The van der Waals surface area contributed by atoms with Gasteiger partial charge in [-0.05, 0) is 37.1 Å². The first-order valence-electron chi connectivity index (χ1n) is 6.11. The Balaban J connectivity index is 2.20. The predicted molar refractivity (Wildman–Crippen MR) is 81.0 cm³/mol. The molecule has 20 heavy (non-hydrogen) atoms. The number of aryl methyl sites for hydroxylation is 2. The molecule has 1 heterocycles. The van der Waals surface area contributed by atoms with Gasteiger partial charge in [0.25, 0.3) is 0 Å². The van der Waals surface area contributed by atoms with Crippen LogP contribution in [0.3, 0.4) is 0 Å². The third kappa shape index (κ3) is 3.83. The van der Waals surface area contributed by atoms with E-state index in [1.807, 2.05) is 13.0 Å². The third-order valence-electron chi connectivity index (χ3n) is 2.73. The largest absolute Gasteiger partial charge is 0.361 e. The first kappa shape index (κ1) is 15.1. The molecule has 0 spiro atoms. The molecule has 0 unspecified atom stereocenters. The second kappa shape index (κ2) is 5.97. The Labute approximate surface area is 126 Å². The molecule has 0 saturated carbocycles. The van der Waals surface area contributed by atoms with Gasteiger partial charge in [-0.1, -0.05) is 28.0 Å². The maximum absolute atomic E-state index is 12.1. The minimum Gasteiger partial charge on any atom is -0.361 e. The highest BCUT2D eigenvalue weighted by atomic mass is 79.9. The Morgan fingerprint density at radius 2 is 2.10 bits per heavy atom. The molecule has 0 amide bonds. The van der Waals surface area contributed by atoms with Crippen molar-refractivity contribution < 1.29 is 12.9 Å². The zero-order valence-corrected chi connectivity index (χ0v) is 13.6. The van der Waals surface area contributed by atoms with Crippen molar-refractivity contribution in [2.45, 2.75) is 26.0 Å². The molecule has 7 heteroatoms. The lowest BCUT2D eigenvalue weighted by molar-refractivity contribution is 0.392. The van der Waals surface area contributed by atoms with Gasteiger partial charge in [0.1, 0.15) is 17.2 Å². The van der Waals surface area contributed by atoms with Crippen LogP contribution in [0, 0.1) is 6.92 Å². The average Bonchev–Trinajstić information content (AvgIpc) is 2.75. The van der Waals surface area contributed by atoms with Crippen LogP contribution in [0.4, 0.5) is 5.69 Å². The highest BCUT2D eigenvalue weighted by molar-refractivity contribution is 9.10. The second-order valence-corrected chi connectivity index (χ2v) is 7.08. The fourth-order valence-electron chi connectivity index (χ4n) is 1.84. The zero-order valence-electron chi connectivity index (χ0n) is 11.2. The summed E-state index contributed by atoms with van der Waals surface area (Å²) in [6.07, 6.45) is 0.736. The van der Waals surface area contributed by atoms with Crippen molar-refractivity contribution in [3.63, 3.8) is 0 Å². The van der Waals surface area contributed by atoms with E-state index in [9.17, 15) is 8.42 Å². The summed E-state index contributed by atoms with van der Waals surface area (Å²) in [6, 6.07) is 7.06. The fraction of sp³-hybridized carbons (Fsp3) is 0.308. The van der Waals surface area contributed by atoms with E-state index in [0.717, 1.165) is 16.5 Å². The first-order chi connectivity index (χ1) is 9.39. The van der Waals surface area contributed by atoms with Crippen molar-refractivity contribution >= 4 is 31.6 Å². The summed E-state index contributed by atoms with van der Waals surface area (Å²) in [7, 11) is -3.51. The molecule has 0 bridgehead atoms. The average molecular weight is 359 g/mol. The van der Waals surface area contributed by atoms with Crippen LogP contribution in [-0.2, 0) is 22.2 Å². The Kier molecular flexibility index (Phi) is 4.49. The number of halogens is 1. The second-order valence-electron chi connectivity index (χ2n) is 4.45. The summed E-state index contributed by atoms with van der Waals surface area (Å²) in [5.74, 6) is 0.386. The monoisotopic (exact) mass is 358 g/mol. The highest BCUT2D eigenvalue weighted by Crippen LogP contribution is 2.23. The molecule has 0 aliphatic rings. The number of hydrogen-bond donors (Lipinski definition) is 1. The number of benzene rings is 1. The number of sulfonamides is 1. The summed E-state index contributed by atoms with van der Waals surface area (Å²) in [5, 5.41) is 3.70. The maximum atomic E-state index is 12.1. The third-order valence-corrected chi connectivity index (χ3v) is 4.43. The Hall–Kier alpha value is -1.34. The van der Waals surface area contributed by atoms with E-state index in [1.54, 1.807) is 25.1 Å². The van der Waals surface area contributed by atoms with E-state index in [4.69, 9.17) is 4.52 Å². The molecular weight excluding hydrogens is 344 g/mol. The van der Waals surface area contributed by atoms with E-state index in [-0.39, 0.29) is 5.75 Å². The minimum absolute atomic E-state index is 0.205. The number of aromatic nitrogens is 1. The van der Waals surface area contributed by atoms with Gasteiger partial charge in [0.05, 0.1) is 5.69 Å². The van der Waals surface area contributed by atoms with E-state index in [1.165, 1.54) is 0 Å². The summed E-state index contributed by atoms with van der Waals surface area (Å²) in [5.41, 5.74) is 1.92. The molecule has 0 fully saturated rings. The predicted octanol–water partition coefficient (Wildman–Crippen LogP) is 3.25. The number of anilines is 1. The van der Waals surface area contributed by atoms with E-state index in [0.29, 0.717) is 17.1 Å². The molecule has 0 aliphatic heterocycles. The maximum Gasteiger partial charge on any atom is 0.238 e. The van der Waals surface area contributed by atoms with Gasteiger partial charge in [-0.2, -0.15) is 0 Å². The van der Waals surface area contributed by atoms with Gasteiger partial charge < -0.3 is 4.52 Å². The molecule has 1 aromatic carbocycles. The molecule has 108 valence electrons. The summed E-state index contributed by atoms with van der Waals surface area (Å²) in [4.78, 5) is 0. The molecule has 0 atom stereocenters. The molecule has 0 radical (unpaired) electrons. The van der Waals surface area contributed by atoms with Crippen molar-refractivity contribution in [2.75, 3.05) is 4.72 Å². The van der Waals surface area contributed by atoms with Crippen molar-refractivity contribution in [1.82, 2.24) is 5.16 Å². The first-order valence-corrected chi connectivity index (χ1v) is 8.55. The smallest absolute Gasteiger partial charge is 0.238 e. The molecule has 2 aromatic rings. The lowest BCUT2D eigenvalue weighted by Gasteiger charge is -2.11. The Bertz CT molecular complexity index is 710. The van der Waals surface area contributed by atoms with E-state index in [2.05, 4.69) is 25.8 Å². The number of nitrogens with zero attached hydrogens (tertiary/aromatic N) is 1. The van der Waals surface area contributed by atoms with Crippen molar-refractivity contribution in [3.05, 3.63) is 45.8 Å². The van der Waals surface area contributed by atoms with Gasteiger partial charge >= 0.3 is 0 Å². The summed E-state index contributed by atoms with van der Waals surface area (Å²) in [6.45, 7) is 3.70. The number of rotatable bonds is 5. The van der Waals surface area contributed by atoms with Gasteiger partial charge in [0.15, 0.2) is 0 Å². The van der Waals surface area contributed by atoms with Gasteiger partial charge in [-0.15, -0.1) is 0 Å². The molecule has 0 aliphatic carbocycles. The summed E-state index contributed by atoms with van der Waals surface area (Å²) < 4.78 is 32.6. The number of hydrogen-bond acceptors (Lipinski definition) is 4. The van der Waals surface area contributed by atoms with Gasteiger partial charge in [-0.25, -0.2) is 8.42 Å². The molecule has 1 N–H and O–H groups in total. The standard InChI is InChI=1S/C13H15BrN2O3S/c1-3-10-7-11(14)4-5-13(10)16-20(17,18)8-12-6-9(2)19-15-12/h4-7,16H,3,8H2,1-2H3. The van der Waals surface area contributed by atoms with Crippen molar-refractivity contribution in [2.24, 2.45) is 0 Å². The van der Waals surface area contributed by atoms with Gasteiger partial charge in [-0.3, -0.25) is 4.72 Å². The highest BCUT2D eigenvalue weighted by Gasteiger charge is 2.16. The number of nitrogens with one attached hydrogen (secondary N) is 1. The van der Waals surface area contributed by atoms with Crippen molar-refractivity contribution in [3.8, 4) is 0 Å². The van der Waals surface area contributed by atoms with Crippen LogP contribution < -0.4 is 4.72 Å². The molecular formula is C13H15BrN2O3S. The normalized spacial score (nSPS) is 11.6. The quantitative estimate of drug-likeness (QED) is 0.890. The van der Waals surface area contributed by atoms with Crippen molar-refractivity contribution in [1.29, 1.82) is 0 Å². The van der Waals surface area contributed by atoms with Crippen LogP contribution in [0.2, 0.25) is 0 Å². The molecule has 1 aromatic heterocycles. The van der Waals surface area contributed by atoms with Crippen LogP contribution >= 0.6 is 15.9 Å².